The van der Waals surface area contributed by atoms with E-state index in [1.54, 1.807) is 30.3 Å². The molecule has 0 aliphatic heterocycles. The zero-order valence-corrected chi connectivity index (χ0v) is 22.0. The zero-order valence-electron chi connectivity index (χ0n) is 22.0. The van der Waals surface area contributed by atoms with Crippen LogP contribution in [0.15, 0.2) is 59.5 Å². The summed E-state index contributed by atoms with van der Waals surface area (Å²) in [6, 6.07) is 8.29. The summed E-state index contributed by atoms with van der Waals surface area (Å²) in [5.74, 6) is -13.2. The molecule has 0 bridgehead atoms. The van der Waals surface area contributed by atoms with Crippen LogP contribution in [0, 0.1) is 23.3 Å². The Morgan fingerprint density at radius 3 is 2.21 bits per heavy atom. The zero-order chi connectivity index (χ0) is 31.0. The molecule has 42 heavy (non-hydrogen) atoms. The third kappa shape index (κ3) is 7.80. The highest BCUT2D eigenvalue weighted by Gasteiger charge is 2.30. The molecule has 2 atom stereocenters. The summed E-state index contributed by atoms with van der Waals surface area (Å²) in [4.78, 5) is 62.7. The molecule has 0 spiro atoms. The molecule has 1 aromatic heterocycles. The number of anilines is 1. The predicted molar refractivity (Wildman–Crippen MR) is 140 cm³/mol. The molecule has 0 aliphatic rings. The van der Waals surface area contributed by atoms with Crippen molar-refractivity contribution in [1.82, 2.24) is 9.88 Å². The van der Waals surface area contributed by atoms with Crippen molar-refractivity contribution in [3.8, 4) is 5.75 Å². The van der Waals surface area contributed by atoms with Gasteiger partial charge in [-0.25, -0.2) is 8.78 Å². The van der Waals surface area contributed by atoms with Crippen LogP contribution in [-0.2, 0) is 25.6 Å². The lowest BCUT2D eigenvalue weighted by Gasteiger charge is -2.22. The van der Waals surface area contributed by atoms with Crippen LogP contribution >= 0.6 is 0 Å². The highest BCUT2D eigenvalue weighted by Crippen LogP contribution is 2.26. The lowest BCUT2D eigenvalue weighted by Crippen LogP contribution is -2.48. The molecule has 10 nitrogen and oxygen atoms in total. The summed E-state index contributed by atoms with van der Waals surface area (Å²) in [6.07, 6.45) is 0.224. The van der Waals surface area contributed by atoms with Crippen LogP contribution < -0.4 is 20.9 Å². The first-order valence-electron chi connectivity index (χ1n) is 12.5. The normalized spacial score (nSPS) is 12.2. The summed E-state index contributed by atoms with van der Waals surface area (Å²) in [5, 5.41) is 13.9. The summed E-state index contributed by atoms with van der Waals surface area (Å²) < 4.78 is 60.2. The first-order valence-corrected chi connectivity index (χ1v) is 12.5. The fraction of sp³-hybridized carbons (Fsp3) is 0.250. The Hall–Kier alpha value is -5.01. The van der Waals surface area contributed by atoms with Gasteiger partial charge in [0.05, 0.1) is 12.8 Å². The summed E-state index contributed by atoms with van der Waals surface area (Å²) in [7, 11) is 0. The molecular formula is C28H25F4N3O7. The van der Waals surface area contributed by atoms with Gasteiger partial charge in [-0.15, -0.1) is 0 Å². The van der Waals surface area contributed by atoms with Gasteiger partial charge < -0.3 is 25.0 Å². The van der Waals surface area contributed by atoms with Crippen molar-refractivity contribution >= 4 is 29.3 Å². The first kappa shape index (κ1) is 31.5. The maximum absolute atomic E-state index is 13.9. The fourth-order valence-electron chi connectivity index (χ4n) is 3.94. The van der Waals surface area contributed by atoms with E-state index in [1.807, 2.05) is 0 Å². The van der Waals surface area contributed by atoms with Gasteiger partial charge in [0.25, 0.3) is 5.56 Å². The highest BCUT2D eigenvalue weighted by molar-refractivity contribution is 5.94. The Balaban J connectivity index is 1.76. The number of ether oxygens (including phenoxy) is 1. The monoisotopic (exact) mass is 591 g/mol. The molecule has 3 rings (SSSR count). The summed E-state index contributed by atoms with van der Waals surface area (Å²) >= 11 is 0. The number of hydrogen-bond acceptors (Lipinski definition) is 6. The number of carbonyl (C=O) groups excluding carboxylic acids is 3. The molecule has 1 heterocycles. The van der Waals surface area contributed by atoms with Crippen LogP contribution in [0.1, 0.15) is 31.4 Å². The van der Waals surface area contributed by atoms with E-state index < -0.39 is 83.3 Å². The predicted octanol–water partition coefficient (Wildman–Crippen LogP) is 3.14. The highest BCUT2D eigenvalue weighted by atomic mass is 19.2. The minimum Gasteiger partial charge on any atom is -0.481 e. The number of pyridine rings is 1. The van der Waals surface area contributed by atoms with Gasteiger partial charge in [0, 0.05) is 12.3 Å². The SMILES string of the molecule is CCC(C(=O)N[C@@H](CC(=O)O)C(=O)COc1c(F)c(F)cc(F)c1F)n1cccc(NC(=O)Cc2ccccc2)c1=O. The van der Waals surface area contributed by atoms with Gasteiger partial charge in [0.2, 0.25) is 23.4 Å². The number of halogens is 4. The molecule has 0 saturated carbocycles. The van der Waals surface area contributed by atoms with Crippen molar-refractivity contribution in [2.24, 2.45) is 0 Å². The minimum atomic E-state index is -1.92. The third-order valence-electron chi connectivity index (χ3n) is 6.00. The lowest BCUT2D eigenvalue weighted by molar-refractivity contribution is -0.140. The second-order valence-electron chi connectivity index (χ2n) is 8.98. The molecular weight excluding hydrogens is 566 g/mol. The van der Waals surface area contributed by atoms with E-state index in [9.17, 15) is 46.6 Å². The molecule has 3 aromatic rings. The maximum Gasteiger partial charge on any atom is 0.305 e. The fourth-order valence-corrected chi connectivity index (χ4v) is 3.94. The van der Waals surface area contributed by atoms with Crippen molar-refractivity contribution in [1.29, 1.82) is 0 Å². The van der Waals surface area contributed by atoms with Crippen molar-refractivity contribution in [3.63, 3.8) is 0 Å². The van der Waals surface area contributed by atoms with Crippen LogP contribution in [0.3, 0.4) is 0 Å². The maximum atomic E-state index is 13.9. The molecule has 14 heteroatoms. The average molecular weight is 592 g/mol. The molecule has 0 aliphatic carbocycles. The van der Waals surface area contributed by atoms with Gasteiger partial charge in [0.15, 0.2) is 23.2 Å². The molecule has 3 N–H and O–H groups in total. The quantitative estimate of drug-likeness (QED) is 0.205. The Labute approximate surface area is 235 Å². The first-order chi connectivity index (χ1) is 19.9. The smallest absolute Gasteiger partial charge is 0.305 e. The van der Waals surface area contributed by atoms with Crippen LogP contribution in [0.4, 0.5) is 23.2 Å². The third-order valence-corrected chi connectivity index (χ3v) is 6.00. The van der Waals surface area contributed by atoms with Crippen LogP contribution in [-0.4, -0.2) is 45.9 Å². The van der Waals surface area contributed by atoms with Crippen molar-refractivity contribution < 1.29 is 46.6 Å². The number of hydrogen-bond donors (Lipinski definition) is 3. The van der Waals surface area contributed by atoms with E-state index in [4.69, 9.17) is 0 Å². The Morgan fingerprint density at radius 2 is 1.62 bits per heavy atom. The lowest BCUT2D eigenvalue weighted by atomic mass is 10.1. The van der Waals surface area contributed by atoms with Crippen molar-refractivity contribution in [2.45, 2.75) is 38.3 Å². The Bertz CT molecular complexity index is 1520. The van der Waals surface area contributed by atoms with Gasteiger partial charge in [-0.3, -0.25) is 24.0 Å². The number of aromatic nitrogens is 1. The van der Waals surface area contributed by atoms with Crippen molar-refractivity contribution in [3.05, 3.63) is 93.9 Å². The standard InChI is InChI=1S/C28H25F4N3O7/c1-2-20(35-10-6-9-18(28(35)41)33-22(37)11-15-7-4-3-5-8-15)27(40)34-19(13-23(38)39)21(36)14-42-26-24(31)16(29)12-17(30)25(26)32/h3-10,12,19-20H,2,11,13-14H2,1H3,(H,33,37)(H,34,40)(H,38,39)/t19-,20?/m0/s1. The number of rotatable bonds is 13. The number of carboxylic acid groups (broad SMARTS) is 1. The number of aliphatic carboxylic acids is 1. The summed E-state index contributed by atoms with van der Waals surface area (Å²) in [6.45, 7) is 0.271. The van der Waals surface area contributed by atoms with Gasteiger partial charge >= 0.3 is 5.97 Å². The minimum absolute atomic E-state index is 0.0172. The van der Waals surface area contributed by atoms with Crippen LogP contribution in [0.25, 0.3) is 0 Å². The number of carbonyl (C=O) groups is 4. The number of carboxylic acids is 1. The second kappa shape index (κ2) is 14.1. The van der Waals surface area contributed by atoms with Gasteiger partial charge in [0.1, 0.15) is 24.4 Å². The van der Waals surface area contributed by atoms with E-state index in [0.29, 0.717) is 5.56 Å². The topological polar surface area (TPSA) is 144 Å². The average Bonchev–Trinajstić information content (AvgIpc) is 2.94. The number of ketones is 1. The van der Waals surface area contributed by atoms with E-state index >= 15 is 0 Å². The molecule has 222 valence electrons. The molecule has 0 saturated heterocycles. The molecule has 2 aromatic carbocycles. The van der Waals surface area contributed by atoms with Gasteiger partial charge in [-0.05, 0) is 24.1 Å². The van der Waals surface area contributed by atoms with E-state index in [1.165, 1.54) is 25.3 Å². The number of nitrogens with zero attached hydrogens (tertiary/aromatic N) is 1. The number of Topliss-reactive ketones (excluding diaryl/α,β-unsaturated/α-hetero) is 1. The van der Waals surface area contributed by atoms with Gasteiger partial charge in [-0.2, -0.15) is 8.78 Å². The number of benzene rings is 2. The van der Waals surface area contributed by atoms with E-state index in [0.717, 1.165) is 4.57 Å². The second-order valence-corrected chi connectivity index (χ2v) is 8.98. The van der Waals surface area contributed by atoms with Crippen molar-refractivity contribution in [2.75, 3.05) is 11.9 Å². The molecule has 0 fully saturated rings. The Morgan fingerprint density at radius 1 is 0.976 bits per heavy atom. The Kier molecular flexibility index (Phi) is 10.5. The number of nitrogens with one attached hydrogen (secondary N) is 2. The largest absolute Gasteiger partial charge is 0.481 e. The molecule has 2 amide bonds. The number of amides is 2. The van der Waals surface area contributed by atoms with Gasteiger partial charge in [-0.1, -0.05) is 37.3 Å². The summed E-state index contributed by atoms with van der Waals surface area (Å²) in [5.41, 5.74) is -0.199. The molecule has 0 radical (unpaired) electrons. The van der Waals surface area contributed by atoms with E-state index in [-0.39, 0.29) is 24.6 Å². The van der Waals surface area contributed by atoms with Crippen LogP contribution in [0.5, 0.6) is 5.75 Å². The molecule has 1 unspecified atom stereocenters. The van der Waals surface area contributed by atoms with E-state index in [2.05, 4.69) is 15.4 Å². The van der Waals surface area contributed by atoms with Crippen LogP contribution in [0.2, 0.25) is 0 Å².